The molecule has 0 atom stereocenters. The highest BCUT2D eigenvalue weighted by Crippen LogP contribution is 2.25. The summed E-state index contributed by atoms with van der Waals surface area (Å²) in [7, 11) is 0. The minimum absolute atomic E-state index is 0.101. The number of benzene rings is 2. The van der Waals surface area contributed by atoms with Gasteiger partial charge in [-0.3, -0.25) is 4.79 Å². The fraction of sp³-hybridized carbons (Fsp3) is 0.130. The number of hydrogen-bond donors (Lipinski definition) is 2. The Morgan fingerprint density at radius 2 is 1.89 bits per heavy atom. The first-order valence-corrected chi connectivity index (χ1v) is 10.0. The number of hydrogen-bond acceptors (Lipinski definition) is 4. The molecule has 2 N–H and O–H groups in total. The summed E-state index contributed by atoms with van der Waals surface area (Å²) in [5.41, 5.74) is 4.74. The van der Waals surface area contributed by atoms with Gasteiger partial charge < -0.3 is 10.6 Å². The lowest BCUT2D eigenvalue weighted by molar-refractivity contribution is 0.0953. The van der Waals surface area contributed by atoms with E-state index in [-0.39, 0.29) is 5.91 Å². The quantitative estimate of drug-likeness (QED) is 0.469. The lowest BCUT2D eigenvalue weighted by Gasteiger charge is -2.13. The SMILES string of the molecule is Cc1ccc(Nc2cc(C(=O)NCc3cccs3)c3ccccc3n2)c(C)c1. The van der Waals surface area contributed by atoms with E-state index < -0.39 is 0 Å². The van der Waals surface area contributed by atoms with E-state index in [2.05, 4.69) is 36.6 Å². The number of carbonyl (C=O) groups is 1. The minimum atomic E-state index is -0.101. The molecule has 2 aromatic heterocycles. The Morgan fingerprint density at radius 3 is 2.68 bits per heavy atom. The zero-order chi connectivity index (χ0) is 19.5. The van der Waals surface area contributed by atoms with Crippen molar-refractivity contribution in [3.63, 3.8) is 0 Å². The zero-order valence-electron chi connectivity index (χ0n) is 15.8. The number of para-hydroxylation sites is 1. The van der Waals surface area contributed by atoms with Crippen LogP contribution in [0.3, 0.4) is 0 Å². The Morgan fingerprint density at radius 1 is 1.04 bits per heavy atom. The topological polar surface area (TPSA) is 54.0 Å². The molecule has 0 spiro atoms. The first-order chi connectivity index (χ1) is 13.6. The van der Waals surface area contributed by atoms with Crippen LogP contribution in [0.15, 0.2) is 66.0 Å². The predicted octanol–water partition coefficient (Wildman–Crippen LogP) is 5.59. The summed E-state index contributed by atoms with van der Waals surface area (Å²) in [6, 6.07) is 19.8. The van der Waals surface area contributed by atoms with Gasteiger partial charge in [0.2, 0.25) is 0 Å². The van der Waals surface area contributed by atoms with E-state index >= 15 is 0 Å². The molecule has 4 nitrogen and oxygen atoms in total. The third kappa shape index (κ3) is 3.89. The minimum Gasteiger partial charge on any atom is -0.347 e. The van der Waals surface area contributed by atoms with Gasteiger partial charge in [0.1, 0.15) is 5.82 Å². The first kappa shape index (κ1) is 18.2. The molecular weight excluding hydrogens is 366 g/mol. The van der Waals surface area contributed by atoms with Crippen molar-refractivity contribution in [1.82, 2.24) is 10.3 Å². The first-order valence-electron chi connectivity index (χ1n) is 9.15. The van der Waals surface area contributed by atoms with Crippen molar-refractivity contribution in [2.75, 3.05) is 5.32 Å². The van der Waals surface area contributed by atoms with Crippen molar-refractivity contribution in [2.24, 2.45) is 0 Å². The summed E-state index contributed by atoms with van der Waals surface area (Å²) in [5.74, 6) is 0.558. The number of fused-ring (bicyclic) bond motifs is 1. The van der Waals surface area contributed by atoms with Crippen LogP contribution in [-0.4, -0.2) is 10.9 Å². The molecule has 0 radical (unpaired) electrons. The summed E-state index contributed by atoms with van der Waals surface area (Å²) in [4.78, 5) is 18.7. The van der Waals surface area contributed by atoms with Gasteiger partial charge in [-0.25, -0.2) is 4.98 Å². The second-order valence-corrected chi connectivity index (χ2v) is 7.81. The smallest absolute Gasteiger partial charge is 0.252 e. The molecule has 0 fully saturated rings. The number of thiophene rings is 1. The molecule has 0 unspecified atom stereocenters. The molecule has 0 aliphatic carbocycles. The number of anilines is 2. The van der Waals surface area contributed by atoms with Crippen LogP contribution in [0.1, 0.15) is 26.4 Å². The fourth-order valence-electron chi connectivity index (χ4n) is 3.19. The van der Waals surface area contributed by atoms with Crippen LogP contribution in [0.4, 0.5) is 11.5 Å². The van der Waals surface area contributed by atoms with Crippen molar-refractivity contribution in [2.45, 2.75) is 20.4 Å². The summed E-state index contributed by atoms with van der Waals surface area (Å²) >= 11 is 1.63. The van der Waals surface area contributed by atoms with Gasteiger partial charge >= 0.3 is 0 Å². The molecule has 5 heteroatoms. The summed E-state index contributed by atoms with van der Waals surface area (Å²) in [6.45, 7) is 4.65. The highest BCUT2D eigenvalue weighted by molar-refractivity contribution is 7.09. The van der Waals surface area contributed by atoms with E-state index in [9.17, 15) is 4.79 Å². The number of nitrogens with one attached hydrogen (secondary N) is 2. The number of pyridine rings is 1. The Labute approximate surface area is 168 Å². The van der Waals surface area contributed by atoms with E-state index in [1.807, 2.05) is 53.9 Å². The standard InChI is InChI=1S/C23H21N3OS/c1-15-9-10-20(16(2)12-15)25-22-13-19(18-7-3-4-8-21(18)26-22)23(27)24-14-17-6-5-11-28-17/h3-13H,14H2,1-2H3,(H,24,27)(H,25,26). The van der Waals surface area contributed by atoms with E-state index in [0.29, 0.717) is 17.9 Å². The van der Waals surface area contributed by atoms with Crippen molar-refractivity contribution >= 4 is 39.7 Å². The van der Waals surface area contributed by atoms with E-state index in [1.165, 1.54) is 5.56 Å². The van der Waals surface area contributed by atoms with E-state index in [1.54, 1.807) is 11.3 Å². The van der Waals surface area contributed by atoms with Crippen LogP contribution in [-0.2, 0) is 6.54 Å². The number of carbonyl (C=O) groups excluding carboxylic acids is 1. The van der Waals surface area contributed by atoms with Crippen molar-refractivity contribution < 1.29 is 4.79 Å². The molecule has 0 saturated heterocycles. The molecule has 28 heavy (non-hydrogen) atoms. The number of amides is 1. The van der Waals surface area contributed by atoms with Gasteiger partial charge in [-0.2, -0.15) is 0 Å². The normalized spacial score (nSPS) is 10.8. The molecule has 2 heterocycles. The summed E-state index contributed by atoms with van der Waals surface area (Å²) in [5, 5.41) is 9.24. The van der Waals surface area contributed by atoms with Crippen molar-refractivity contribution in [3.05, 3.63) is 87.6 Å². The number of rotatable bonds is 5. The molecule has 0 aliphatic heterocycles. The highest BCUT2D eigenvalue weighted by Gasteiger charge is 2.13. The van der Waals surface area contributed by atoms with Crippen molar-refractivity contribution in [1.29, 1.82) is 0 Å². The summed E-state index contributed by atoms with van der Waals surface area (Å²) < 4.78 is 0. The van der Waals surface area contributed by atoms with Gasteiger partial charge in [-0.1, -0.05) is 42.0 Å². The maximum absolute atomic E-state index is 12.9. The number of aromatic nitrogens is 1. The monoisotopic (exact) mass is 387 g/mol. The van der Waals surface area contributed by atoms with Crippen LogP contribution in [0.25, 0.3) is 10.9 Å². The molecule has 0 aliphatic rings. The molecule has 1 amide bonds. The van der Waals surface area contributed by atoms with Crippen LogP contribution in [0, 0.1) is 13.8 Å². The molecule has 4 aromatic rings. The largest absolute Gasteiger partial charge is 0.347 e. The molecule has 140 valence electrons. The molecule has 0 bridgehead atoms. The van der Waals surface area contributed by atoms with Gasteiger partial charge in [0.05, 0.1) is 17.6 Å². The second-order valence-electron chi connectivity index (χ2n) is 6.78. The third-order valence-electron chi connectivity index (χ3n) is 4.61. The average molecular weight is 388 g/mol. The molecule has 2 aromatic carbocycles. The lowest BCUT2D eigenvalue weighted by atomic mass is 10.1. The van der Waals surface area contributed by atoms with Gasteiger partial charge in [-0.15, -0.1) is 11.3 Å². The number of aryl methyl sites for hydroxylation is 2. The van der Waals surface area contributed by atoms with Crippen LogP contribution < -0.4 is 10.6 Å². The predicted molar refractivity (Wildman–Crippen MR) is 116 cm³/mol. The Hall–Kier alpha value is -3.18. The summed E-state index contributed by atoms with van der Waals surface area (Å²) in [6.07, 6.45) is 0. The van der Waals surface area contributed by atoms with Gasteiger partial charge in [-0.05, 0) is 49.1 Å². The molecule has 4 rings (SSSR count). The fourth-order valence-corrected chi connectivity index (χ4v) is 3.84. The average Bonchev–Trinajstić information content (AvgIpc) is 3.21. The van der Waals surface area contributed by atoms with Gasteiger partial charge in [0.25, 0.3) is 5.91 Å². The zero-order valence-corrected chi connectivity index (χ0v) is 16.6. The van der Waals surface area contributed by atoms with Gasteiger partial charge in [0, 0.05) is 16.0 Å². The van der Waals surface area contributed by atoms with Crippen molar-refractivity contribution in [3.8, 4) is 0 Å². The molecular formula is C23H21N3OS. The Balaban J connectivity index is 1.67. The van der Waals surface area contributed by atoms with E-state index in [4.69, 9.17) is 4.98 Å². The van der Waals surface area contributed by atoms with Crippen LogP contribution in [0.5, 0.6) is 0 Å². The lowest BCUT2D eigenvalue weighted by Crippen LogP contribution is -2.22. The maximum atomic E-state index is 12.9. The highest BCUT2D eigenvalue weighted by atomic mass is 32.1. The molecule has 0 saturated carbocycles. The van der Waals surface area contributed by atoms with Gasteiger partial charge in [0.15, 0.2) is 0 Å². The van der Waals surface area contributed by atoms with Crippen LogP contribution >= 0.6 is 11.3 Å². The Bertz CT molecular complexity index is 1140. The third-order valence-corrected chi connectivity index (χ3v) is 5.49. The Kier molecular flexibility index (Phi) is 5.08. The number of nitrogens with zero attached hydrogens (tertiary/aromatic N) is 1. The van der Waals surface area contributed by atoms with E-state index in [0.717, 1.165) is 27.0 Å². The van der Waals surface area contributed by atoms with Crippen LogP contribution in [0.2, 0.25) is 0 Å². The maximum Gasteiger partial charge on any atom is 0.252 e. The second kappa shape index (κ2) is 7.82.